The van der Waals surface area contributed by atoms with Gasteiger partial charge in [-0.25, -0.2) is 0 Å². The molecule has 0 heterocycles. The Kier molecular flexibility index (Phi) is 7.32. The monoisotopic (exact) mass is 531 g/mol. The van der Waals surface area contributed by atoms with E-state index in [-0.39, 0.29) is 16.9 Å². The molecule has 5 heteroatoms. The Morgan fingerprint density at radius 3 is 2.12 bits per heavy atom. The number of aliphatic hydroxyl groups excluding tert-OH is 1. The molecule has 1 unspecified atom stereocenters. The van der Waals surface area contributed by atoms with Gasteiger partial charge in [0.2, 0.25) is 0 Å². The number of aliphatic hydroxyl groups is 1. The summed E-state index contributed by atoms with van der Waals surface area (Å²) in [6.45, 7) is 9.07. The van der Waals surface area contributed by atoms with Gasteiger partial charge in [-0.15, -0.1) is 0 Å². The Bertz CT molecular complexity index is 1020. The van der Waals surface area contributed by atoms with Crippen molar-refractivity contribution < 1.29 is 9.67 Å². The molecule has 2 saturated carbocycles. The molecule has 0 saturated heterocycles. The molecule has 2 aromatic carbocycles. The van der Waals surface area contributed by atoms with E-state index < -0.39 is 21.0 Å². The van der Waals surface area contributed by atoms with Crippen LogP contribution in [0.3, 0.4) is 0 Å². The normalized spacial score (nSPS) is 27.6. The minimum absolute atomic E-state index is 0.101. The molecule has 4 rings (SSSR count). The van der Waals surface area contributed by atoms with Gasteiger partial charge in [-0.3, -0.25) is 0 Å². The van der Waals surface area contributed by atoms with Crippen LogP contribution in [0.2, 0.25) is 10.6 Å². The van der Waals surface area contributed by atoms with Gasteiger partial charge in [0.05, 0.1) is 0 Å². The summed E-state index contributed by atoms with van der Waals surface area (Å²) in [5.74, 6) is 1.07. The zero-order valence-electron chi connectivity index (χ0n) is 20.4. The fraction of sp³-hybridized carbons (Fsp3) is 0.500. The maximum absolute atomic E-state index is 14.7. The first-order valence-corrected chi connectivity index (χ1v) is 17.0. The molecule has 0 aliphatic heterocycles. The van der Waals surface area contributed by atoms with Crippen LogP contribution in [0.15, 0.2) is 76.5 Å². The average Bonchev–Trinajstić information content (AvgIpc) is 3.14. The number of allylic oxidation sites excluding steroid dienone is 2. The predicted octanol–water partition coefficient (Wildman–Crippen LogP) is 6.58. The van der Waals surface area contributed by atoms with Gasteiger partial charge in [0, 0.05) is 0 Å². The quantitative estimate of drug-likeness (QED) is 0.238. The summed E-state index contributed by atoms with van der Waals surface area (Å²) in [4.78, 5) is 0. The van der Waals surface area contributed by atoms with E-state index >= 15 is 0 Å². The SMILES string of the molecule is CC(C)/C=C/C/[Se](C[C@]12CC[C@H](C[C@H]1O)C2(C)C)=N\P(=O)(c1ccccc1)c1ccccc1. The Balaban J connectivity index is 1.81. The van der Waals surface area contributed by atoms with E-state index in [1.807, 2.05) is 60.7 Å². The molecule has 33 heavy (non-hydrogen) atoms. The summed E-state index contributed by atoms with van der Waals surface area (Å²) in [5, 5.41) is 14.6. The zero-order chi connectivity index (χ0) is 23.7. The molecule has 0 radical (unpaired) electrons. The van der Waals surface area contributed by atoms with Crippen LogP contribution in [0.4, 0.5) is 0 Å². The molecule has 2 aliphatic carbocycles. The van der Waals surface area contributed by atoms with Crippen molar-refractivity contribution >= 4 is 31.6 Å². The van der Waals surface area contributed by atoms with E-state index in [1.54, 1.807) is 0 Å². The van der Waals surface area contributed by atoms with Gasteiger partial charge in [-0.2, -0.15) is 0 Å². The van der Waals surface area contributed by atoms with Crippen LogP contribution in [0, 0.1) is 22.7 Å². The van der Waals surface area contributed by atoms with E-state index in [1.165, 1.54) is 6.42 Å². The number of hydrogen-bond donors (Lipinski definition) is 1. The number of hydrogen-bond acceptors (Lipinski definition) is 2. The third kappa shape index (κ3) is 4.65. The van der Waals surface area contributed by atoms with Crippen molar-refractivity contribution in [3.63, 3.8) is 0 Å². The summed E-state index contributed by atoms with van der Waals surface area (Å²) in [6, 6.07) is 19.6. The molecule has 2 aliphatic rings. The molecule has 0 amide bonds. The summed E-state index contributed by atoms with van der Waals surface area (Å²) in [6.07, 6.45) is 7.40. The first kappa shape index (κ1) is 24.8. The molecular weight excluding hydrogens is 492 g/mol. The fourth-order valence-corrected chi connectivity index (χ4v) is 15.7. The molecule has 4 atom stereocenters. The Morgan fingerprint density at radius 1 is 1.09 bits per heavy atom. The van der Waals surface area contributed by atoms with Crippen LogP contribution < -0.4 is 10.6 Å². The van der Waals surface area contributed by atoms with Crippen LogP contribution in [0.1, 0.15) is 47.0 Å². The van der Waals surface area contributed by atoms with Crippen molar-refractivity contribution in [2.24, 2.45) is 26.4 Å². The van der Waals surface area contributed by atoms with Gasteiger partial charge in [0.1, 0.15) is 0 Å². The molecule has 0 aromatic heterocycles. The Labute approximate surface area is 203 Å². The zero-order valence-corrected chi connectivity index (χ0v) is 23.0. The van der Waals surface area contributed by atoms with Gasteiger partial charge in [-0.1, -0.05) is 0 Å². The van der Waals surface area contributed by atoms with Gasteiger partial charge < -0.3 is 0 Å². The van der Waals surface area contributed by atoms with Crippen molar-refractivity contribution in [3.8, 4) is 0 Å². The van der Waals surface area contributed by atoms with Gasteiger partial charge in [0.25, 0.3) is 0 Å². The molecule has 0 spiro atoms. The minimum atomic E-state index is -3.12. The second-order valence-electron chi connectivity index (χ2n) is 10.6. The molecule has 178 valence electrons. The van der Waals surface area contributed by atoms with Gasteiger partial charge in [0.15, 0.2) is 0 Å². The van der Waals surface area contributed by atoms with Crippen molar-refractivity contribution in [2.75, 3.05) is 0 Å². The maximum atomic E-state index is 14.7. The number of nitrogens with zero attached hydrogens (tertiary/aromatic N) is 1. The van der Waals surface area contributed by atoms with E-state index in [0.29, 0.717) is 11.8 Å². The third-order valence-electron chi connectivity index (χ3n) is 8.06. The number of rotatable bonds is 8. The predicted molar refractivity (Wildman–Crippen MR) is 141 cm³/mol. The summed E-state index contributed by atoms with van der Waals surface area (Å²) in [5.41, 5.74) is 0.00460. The third-order valence-corrected chi connectivity index (χ3v) is 16.4. The van der Waals surface area contributed by atoms with E-state index in [9.17, 15) is 9.67 Å². The molecular formula is C28H38NO2PSe. The van der Waals surface area contributed by atoms with Crippen LogP contribution in [-0.4, -0.2) is 24.9 Å². The molecule has 3 nitrogen and oxygen atoms in total. The van der Waals surface area contributed by atoms with E-state index in [4.69, 9.17) is 3.73 Å². The Morgan fingerprint density at radius 2 is 1.67 bits per heavy atom. The molecule has 1 N–H and O–H groups in total. The number of fused-ring (bicyclic) bond motifs is 2. The van der Waals surface area contributed by atoms with Crippen molar-refractivity contribution in [2.45, 2.75) is 63.7 Å². The average molecular weight is 531 g/mol. The standard InChI is InChI=1S/C28H38NO2PSe/c1-22(2)12-11-19-33(21-28-18-17-23(20-26(28)30)27(28,3)4)29-32(31,24-13-7-5-8-14-24)25-15-9-6-10-16-25/h5-16,22-23,26,30H,17-21H2,1-4H3/b12-11+/t23-,26-,28-,33?/m1/s1. The molecule has 2 aromatic rings. The van der Waals surface area contributed by atoms with Crippen LogP contribution in [0.5, 0.6) is 0 Å². The fourth-order valence-electron chi connectivity index (χ4n) is 5.90. The van der Waals surface area contributed by atoms with E-state index in [0.717, 1.165) is 34.1 Å². The van der Waals surface area contributed by atoms with Crippen LogP contribution >= 0.6 is 7.29 Å². The Hall–Kier alpha value is -1.31. The summed E-state index contributed by atoms with van der Waals surface area (Å²) >= 11 is -1.70. The second kappa shape index (κ2) is 9.74. The summed E-state index contributed by atoms with van der Waals surface area (Å²) in [7, 11) is -3.12. The van der Waals surface area contributed by atoms with Crippen LogP contribution in [0.25, 0.3) is 0 Å². The molecule has 2 bridgehead atoms. The van der Waals surface area contributed by atoms with Crippen molar-refractivity contribution in [1.82, 2.24) is 0 Å². The van der Waals surface area contributed by atoms with E-state index in [2.05, 4.69) is 39.8 Å². The van der Waals surface area contributed by atoms with Gasteiger partial charge in [-0.05, 0) is 0 Å². The second-order valence-corrected chi connectivity index (χ2v) is 17.3. The topological polar surface area (TPSA) is 49.7 Å². The van der Waals surface area contributed by atoms with Crippen molar-refractivity contribution in [1.29, 1.82) is 0 Å². The first-order chi connectivity index (χ1) is 15.7. The van der Waals surface area contributed by atoms with Crippen molar-refractivity contribution in [3.05, 3.63) is 72.8 Å². The van der Waals surface area contributed by atoms with Gasteiger partial charge >= 0.3 is 204 Å². The number of benzene rings is 2. The first-order valence-electron chi connectivity index (χ1n) is 12.2. The van der Waals surface area contributed by atoms with Crippen LogP contribution in [-0.2, 0) is 4.57 Å². The summed E-state index contributed by atoms with van der Waals surface area (Å²) < 4.78 is 20.1. The molecule has 2 fully saturated rings.